The van der Waals surface area contributed by atoms with Gasteiger partial charge in [0.1, 0.15) is 0 Å². The molecule has 0 spiro atoms. The van der Waals surface area contributed by atoms with Gasteiger partial charge in [-0.05, 0) is 37.6 Å². The van der Waals surface area contributed by atoms with Crippen LogP contribution < -0.4 is 10.6 Å². The van der Waals surface area contributed by atoms with E-state index in [9.17, 15) is 4.79 Å². The fourth-order valence-corrected chi connectivity index (χ4v) is 3.16. The number of amides is 1. The molecule has 0 bridgehead atoms. The van der Waals surface area contributed by atoms with Crippen LogP contribution in [0.3, 0.4) is 0 Å². The number of hydrogen-bond donors (Lipinski definition) is 2. The predicted octanol–water partition coefficient (Wildman–Crippen LogP) is 2.07. The summed E-state index contributed by atoms with van der Waals surface area (Å²) in [7, 11) is 0. The molecule has 3 nitrogen and oxygen atoms in total. The lowest BCUT2D eigenvalue weighted by atomic mass is 9.80. The lowest BCUT2D eigenvalue weighted by molar-refractivity contribution is -0.121. The van der Waals surface area contributed by atoms with Gasteiger partial charge in [-0.25, -0.2) is 0 Å². The molecule has 3 atom stereocenters. The van der Waals surface area contributed by atoms with E-state index in [1.807, 2.05) is 0 Å². The minimum Gasteiger partial charge on any atom is -0.356 e. The number of hydrogen-bond acceptors (Lipinski definition) is 2. The molecule has 3 heteroatoms. The molecule has 17 heavy (non-hydrogen) atoms. The highest BCUT2D eigenvalue weighted by Gasteiger charge is 2.23. The normalized spacial score (nSPS) is 35.1. The van der Waals surface area contributed by atoms with Crippen LogP contribution in [0.2, 0.25) is 0 Å². The van der Waals surface area contributed by atoms with Gasteiger partial charge in [0.2, 0.25) is 5.91 Å². The Balaban J connectivity index is 1.74. The van der Waals surface area contributed by atoms with Gasteiger partial charge in [-0.1, -0.05) is 26.2 Å². The van der Waals surface area contributed by atoms with Crippen LogP contribution in [0.25, 0.3) is 0 Å². The SMILES string of the molecule is CC1CCCCC1CNC1CCCNC(=O)C1. The van der Waals surface area contributed by atoms with E-state index in [0.29, 0.717) is 12.5 Å². The van der Waals surface area contributed by atoms with E-state index in [2.05, 4.69) is 17.6 Å². The minimum atomic E-state index is 0.219. The Kier molecular flexibility index (Phi) is 4.84. The first kappa shape index (κ1) is 12.9. The van der Waals surface area contributed by atoms with Gasteiger partial charge in [0.15, 0.2) is 0 Å². The standard InChI is InChI=1S/C14H26N2O/c1-11-5-2-3-6-12(11)10-16-13-7-4-8-15-14(17)9-13/h11-13,16H,2-10H2,1H3,(H,15,17). The Morgan fingerprint density at radius 2 is 2.06 bits per heavy atom. The van der Waals surface area contributed by atoms with Crippen molar-refractivity contribution in [2.75, 3.05) is 13.1 Å². The summed E-state index contributed by atoms with van der Waals surface area (Å²) in [5.74, 6) is 1.91. The number of carbonyl (C=O) groups excluding carboxylic acids is 1. The maximum Gasteiger partial charge on any atom is 0.221 e. The second-order valence-corrected chi connectivity index (χ2v) is 5.82. The van der Waals surface area contributed by atoms with E-state index >= 15 is 0 Å². The topological polar surface area (TPSA) is 41.1 Å². The van der Waals surface area contributed by atoms with E-state index in [4.69, 9.17) is 0 Å². The van der Waals surface area contributed by atoms with Crippen LogP contribution >= 0.6 is 0 Å². The number of carbonyl (C=O) groups is 1. The number of nitrogens with one attached hydrogen (secondary N) is 2. The average Bonchev–Trinajstić information content (AvgIpc) is 2.53. The van der Waals surface area contributed by atoms with Gasteiger partial charge in [-0.15, -0.1) is 0 Å². The van der Waals surface area contributed by atoms with E-state index in [1.165, 1.54) is 25.7 Å². The fourth-order valence-electron chi connectivity index (χ4n) is 3.16. The smallest absolute Gasteiger partial charge is 0.221 e. The Morgan fingerprint density at radius 1 is 1.24 bits per heavy atom. The van der Waals surface area contributed by atoms with Crippen molar-refractivity contribution in [3.8, 4) is 0 Å². The van der Waals surface area contributed by atoms with Gasteiger partial charge in [-0.2, -0.15) is 0 Å². The minimum absolute atomic E-state index is 0.219. The summed E-state index contributed by atoms with van der Waals surface area (Å²) < 4.78 is 0. The lowest BCUT2D eigenvalue weighted by Gasteiger charge is -2.30. The third kappa shape index (κ3) is 3.98. The largest absolute Gasteiger partial charge is 0.356 e. The molecule has 1 heterocycles. The summed E-state index contributed by atoms with van der Waals surface area (Å²) in [6.07, 6.45) is 8.47. The second-order valence-electron chi connectivity index (χ2n) is 5.82. The molecule has 1 aliphatic carbocycles. The molecule has 98 valence electrons. The lowest BCUT2D eigenvalue weighted by Crippen LogP contribution is -2.37. The van der Waals surface area contributed by atoms with Gasteiger partial charge in [0, 0.05) is 19.0 Å². The Morgan fingerprint density at radius 3 is 2.88 bits per heavy atom. The molecule has 1 saturated heterocycles. The van der Waals surface area contributed by atoms with Gasteiger partial charge in [-0.3, -0.25) is 4.79 Å². The van der Waals surface area contributed by atoms with E-state index < -0.39 is 0 Å². The molecule has 0 aromatic rings. The molecular weight excluding hydrogens is 212 g/mol. The third-order valence-electron chi connectivity index (χ3n) is 4.44. The molecule has 2 N–H and O–H groups in total. The van der Waals surface area contributed by atoms with Crippen LogP contribution in [-0.2, 0) is 4.79 Å². The maximum absolute atomic E-state index is 11.5. The van der Waals surface area contributed by atoms with Crippen LogP contribution in [0.5, 0.6) is 0 Å². The van der Waals surface area contributed by atoms with Crippen LogP contribution in [-0.4, -0.2) is 25.0 Å². The summed E-state index contributed by atoms with van der Waals surface area (Å²) >= 11 is 0. The van der Waals surface area contributed by atoms with E-state index in [0.717, 1.165) is 37.8 Å². The molecular formula is C14H26N2O. The molecule has 1 aliphatic heterocycles. The van der Waals surface area contributed by atoms with Gasteiger partial charge < -0.3 is 10.6 Å². The van der Waals surface area contributed by atoms with Crippen molar-refractivity contribution in [2.24, 2.45) is 11.8 Å². The highest BCUT2D eigenvalue weighted by Crippen LogP contribution is 2.29. The summed E-state index contributed by atoms with van der Waals surface area (Å²) in [4.78, 5) is 11.5. The Labute approximate surface area is 105 Å². The predicted molar refractivity (Wildman–Crippen MR) is 69.8 cm³/mol. The molecule has 2 fully saturated rings. The van der Waals surface area contributed by atoms with Crippen LogP contribution in [0.4, 0.5) is 0 Å². The zero-order valence-corrected chi connectivity index (χ0v) is 11.0. The van der Waals surface area contributed by atoms with Crippen LogP contribution in [0, 0.1) is 11.8 Å². The first-order valence-electron chi connectivity index (χ1n) is 7.26. The van der Waals surface area contributed by atoms with Crippen molar-refractivity contribution in [3.05, 3.63) is 0 Å². The van der Waals surface area contributed by atoms with Gasteiger partial charge in [0.05, 0.1) is 0 Å². The average molecular weight is 238 g/mol. The Hall–Kier alpha value is -0.570. The molecule has 1 amide bonds. The summed E-state index contributed by atoms with van der Waals surface area (Å²) in [6.45, 7) is 4.35. The molecule has 0 aromatic carbocycles. The summed E-state index contributed by atoms with van der Waals surface area (Å²) in [6, 6.07) is 0.409. The van der Waals surface area contributed by atoms with Gasteiger partial charge >= 0.3 is 0 Å². The zero-order chi connectivity index (χ0) is 12.1. The third-order valence-corrected chi connectivity index (χ3v) is 4.44. The van der Waals surface area contributed by atoms with E-state index in [-0.39, 0.29) is 5.91 Å². The van der Waals surface area contributed by atoms with Crippen molar-refractivity contribution in [2.45, 2.75) is 57.9 Å². The monoisotopic (exact) mass is 238 g/mol. The first-order valence-corrected chi connectivity index (χ1v) is 7.26. The van der Waals surface area contributed by atoms with Crippen molar-refractivity contribution in [1.29, 1.82) is 0 Å². The highest BCUT2D eigenvalue weighted by atomic mass is 16.1. The molecule has 1 saturated carbocycles. The zero-order valence-electron chi connectivity index (χ0n) is 11.0. The molecule has 3 unspecified atom stereocenters. The van der Waals surface area contributed by atoms with Crippen molar-refractivity contribution in [1.82, 2.24) is 10.6 Å². The molecule has 0 radical (unpaired) electrons. The van der Waals surface area contributed by atoms with E-state index in [1.54, 1.807) is 0 Å². The van der Waals surface area contributed by atoms with Crippen molar-refractivity contribution < 1.29 is 4.79 Å². The van der Waals surface area contributed by atoms with Crippen LogP contribution in [0.1, 0.15) is 51.9 Å². The molecule has 2 aliphatic rings. The quantitative estimate of drug-likeness (QED) is 0.790. The fraction of sp³-hybridized carbons (Fsp3) is 0.929. The Bertz CT molecular complexity index is 255. The highest BCUT2D eigenvalue weighted by molar-refractivity contribution is 5.76. The maximum atomic E-state index is 11.5. The van der Waals surface area contributed by atoms with Gasteiger partial charge in [0.25, 0.3) is 0 Å². The number of rotatable bonds is 3. The summed E-state index contributed by atoms with van der Waals surface area (Å²) in [5, 5.41) is 6.57. The van der Waals surface area contributed by atoms with Crippen molar-refractivity contribution >= 4 is 5.91 Å². The van der Waals surface area contributed by atoms with Crippen molar-refractivity contribution in [3.63, 3.8) is 0 Å². The first-order chi connectivity index (χ1) is 8.25. The molecule has 2 rings (SSSR count). The molecule has 0 aromatic heterocycles. The van der Waals surface area contributed by atoms with Crippen LogP contribution in [0.15, 0.2) is 0 Å². The second kappa shape index (κ2) is 6.39. The summed E-state index contributed by atoms with van der Waals surface area (Å²) in [5.41, 5.74) is 0.